The average molecular weight is 302 g/mol. The predicted molar refractivity (Wildman–Crippen MR) is 87.7 cm³/mol. The molecule has 4 heteroatoms. The molecular weight excluding hydrogens is 280 g/mol. The molecule has 0 aromatic heterocycles. The second-order valence-electron chi connectivity index (χ2n) is 6.54. The van der Waals surface area contributed by atoms with Crippen molar-refractivity contribution in [2.24, 2.45) is 23.5 Å². The average Bonchev–Trinajstić information content (AvgIpc) is 3.09. The molecule has 21 heavy (non-hydrogen) atoms. The fourth-order valence-electron chi connectivity index (χ4n) is 4.00. The lowest BCUT2D eigenvalue weighted by Crippen LogP contribution is -2.35. The Kier molecular flexibility index (Phi) is 3.98. The van der Waals surface area contributed by atoms with Crippen molar-refractivity contribution in [3.63, 3.8) is 0 Å². The van der Waals surface area contributed by atoms with Crippen molar-refractivity contribution in [2.45, 2.75) is 32.2 Å². The summed E-state index contributed by atoms with van der Waals surface area (Å²) < 4.78 is 0. The van der Waals surface area contributed by atoms with Crippen molar-refractivity contribution in [3.8, 4) is 0 Å². The van der Waals surface area contributed by atoms with Crippen LogP contribution in [-0.4, -0.2) is 22.8 Å². The van der Waals surface area contributed by atoms with E-state index in [1.807, 2.05) is 36.2 Å². The molecule has 3 unspecified atom stereocenters. The minimum atomic E-state index is 0.257. The van der Waals surface area contributed by atoms with Crippen molar-refractivity contribution >= 4 is 23.1 Å². The van der Waals surface area contributed by atoms with Gasteiger partial charge in [-0.15, -0.1) is 0 Å². The van der Waals surface area contributed by atoms with Gasteiger partial charge in [0.15, 0.2) is 0 Å². The first-order valence-corrected chi connectivity index (χ1v) is 8.09. The normalized spacial score (nSPS) is 26.8. The zero-order chi connectivity index (χ0) is 15.0. The number of benzene rings is 1. The molecule has 0 spiro atoms. The highest BCUT2D eigenvalue weighted by Crippen LogP contribution is 2.48. The zero-order valence-electron chi connectivity index (χ0n) is 12.4. The number of nitrogens with zero attached hydrogens (tertiary/aromatic N) is 1. The van der Waals surface area contributed by atoms with Crippen molar-refractivity contribution in [1.29, 1.82) is 0 Å². The van der Waals surface area contributed by atoms with Crippen LogP contribution in [0.15, 0.2) is 24.3 Å². The van der Waals surface area contributed by atoms with E-state index in [1.54, 1.807) is 0 Å². The van der Waals surface area contributed by atoms with Crippen LogP contribution in [0.5, 0.6) is 0 Å². The maximum atomic E-state index is 12.6. The molecule has 0 radical (unpaired) electrons. The molecular formula is C17H22N2OS. The largest absolute Gasteiger partial charge is 0.389 e. The zero-order valence-corrected chi connectivity index (χ0v) is 13.2. The third kappa shape index (κ3) is 2.95. The van der Waals surface area contributed by atoms with Gasteiger partial charge in [-0.25, -0.2) is 0 Å². The van der Waals surface area contributed by atoms with Crippen molar-refractivity contribution in [3.05, 3.63) is 35.4 Å². The molecule has 0 heterocycles. The molecule has 2 aliphatic carbocycles. The van der Waals surface area contributed by atoms with Crippen LogP contribution >= 0.6 is 12.2 Å². The SMILES string of the molecule is CN(Cc1cccc(C(N)=S)c1)C(=O)C1CC2CCC1C2. The summed E-state index contributed by atoms with van der Waals surface area (Å²) in [6.45, 7) is 0.628. The van der Waals surface area contributed by atoms with Crippen LogP contribution in [0.3, 0.4) is 0 Å². The molecule has 2 saturated carbocycles. The summed E-state index contributed by atoms with van der Waals surface area (Å²) in [5.41, 5.74) is 7.61. The highest BCUT2D eigenvalue weighted by Gasteiger charge is 2.43. The topological polar surface area (TPSA) is 46.3 Å². The molecule has 3 atom stereocenters. The number of hydrogen-bond acceptors (Lipinski definition) is 2. The number of rotatable bonds is 4. The summed E-state index contributed by atoms with van der Waals surface area (Å²) in [5.74, 6) is 2.00. The Morgan fingerprint density at radius 1 is 1.38 bits per heavy atom. The molecule has 1 aromatic rings. The Balaban J connectivity index is 1.66. The fraction of sp³-hybridized carbons (Fsp3) is 0.529. The lowest BCUT2D eigenvalue weighted by Gasteiger charge is -2.26. The number of nitrogens with two attached hydrogens (primary N) is 1. The van der Waals surface area contributed by atoms with Gasteiger partial charge in [-0.05, 0) is 42.7 Å². The van der Waals surface area contributed by atoms with Gasteiger partial charge in [0, 0.05) is 25.1 Å². The molecule has 1 aromatic carbocycles. The van der Waals surface area contributed by atoms with E-state index in [9.17, 15) is 4.79 Å². The van der Waals surface area contributed by atoms with Crippen LogP contribution in [0.1, 0.15) is 36.8 Å². The summed E-state index contributed by atoms with van der Waals surface area (Å²) >= 11 is 5.01. The summed E-state index contributed by atoms with van der Waals surface area (Å²) in [4.78, 5) is 14.9. The Morgan fingerprint density at radius 2 is 2.19 bits per heavy atom. The van der Waals surface area contributed by atoms with Crippen molar-refractivity contribution in [2.75, 3.05) is 7.05 Å². The van der Waals surface area contributed by atoms with Crippen LogP contribution < -0.4 is 5.73 Å². The van der Waals surface area contributed by atoms with Gasteiger partial charge in [0.25, 0.3) is 0 Å². The quantitative estimate of drug-likeness (QED) is 0.870. The van der Waals surface area contributed by atoms with Crippen LogP contribution in [0.25, 0.3) is 0 Å². The number of thiocarbonyl (C=S) groups is 1. The van der Waals surface area contributed by atoms with Gasteiger partial charge in [0.1, 0.15) is 4.99 Å². The van der Waals surface area contributed by atoms with E-state index in [0.717, 1.165) is 23.5 Å². The highest BCUT2D eigenvalue weighted by atomic mass is 32.1. The van der Waals surface area contributed by atoms with Crippen LogP contribution in [0.4, 0.5) is 0 Å². The van der Waals surface area contributed by atoms with Gasteiger partial charge in [0.05, 0.1) is 0 Å². The van der Waals surface area contributed by atoms with Gasteiger partial charge in [-0.1, -0.05) is 36.8 Å². The van der Waals surface area contributed by atoms with Crippen LogP contribution in [0.2, 0.25) is 0 Å². The summed E-state index contributed by atoms with van der Waals surface area (Å²) in [6, 6.07) is 7.85. The van der Waals surface area contributed by atoms with Crippen LogP contribution in [-0.2, 0) is 11.3 Å². The Bertz CT molecular complexity index is 572. The van der Waals surface area contributed by atoms with Crippen molar-refractivity contribution < 1.29 is 4.79 Å². The standard InChI is InChI=1S/C17H22N2OS/c1-19(10-12-3-2-4-14(8-12)16(18)21)17(20)15-9-11-5-6-13(15)7-11/h2-4,8,11,13,15H,5-7,9-10H2,1H3,(H2,18,21). The number of carbonyl (C=O) groups excluding carboxylic acids is 1. The first-order valence-electron chi connectivity index (χ1n) is 7.68. The van der Waals surface area contributed by atoms with Crippen LogP contribution in [0, 0.1) is 17.8 Å². The lowest BCUT2D eigenvalue weighted by molar-refractivity contribution is -0.136. The monoisotopic (exact) mass is 302 g/mol. The lowest BCUT2D eigenvalue weighted by atomic mass is 9.88. The first-order chi connectivity index (χ1) is 10.0. The highest BCUT2D eigenvalue weighted by molar-refractivity contribution is 7.80. The molecule has 3 nitrogen and oxygen atoms in total. The minimum Gasteiger partial charge on any atom is -0.389 e. The van der Waals surface area contributed by atoms with E-state index in [2.05, 4.69) is 0 Å². The van der Waals surface area contributed by atoms with E-state index in [4.69, 9.17) is 18.0 Å². The molecule has 2 fully saturated rings. The molecule has 1 amide bonds. The van der Waals surface area contributed by atoms with Gasteiger partial charge in [-0.2, -0.15) is 0 Å². The third-order valence-corrected chi connectivity index (χ3v) is 5.30. The molecule has 0 saturated heterocycles. The molecule has 3 rings (SSSR count). The Morgan fingerprint density at radius 3 is 2.81 bits per heavy atom. The van der Waals surface area contributed by atoms with E-state index < -0.39 is 0 Å². The summed E-state index contributed by atoms with van der Waals surface area (Å²) in [5, 5.41) is 0. The van der Waals surface area contributed by atoms with E-state index >= 15 is 0 Å². The second kappa shape index (κ2) is 5.76. The Labute approximate surface area is 131 Å². The molecule has 2 aliphatic rings. The van der Waals surface area contributed by atoms with Gasteiger partial charge in [-0.3, -0.25) is 4.79 Å². The molecule has 112 valence electrons. The third-order valence-electron chi connectivity index (χ3n) is 5.06. The van der Waals surface area contributed by atoms with Gasteiger partial charge >= 0.3 is 0 Å². The number of fused-ring (bicyclic) bond motifs is 2. The van der Waals surface area contributed by atoms with E-state index in [0.29, 0.717) is 23.4 Å². The maximum absolute atomic E-state index is 12.6. The van der Waals surface area contributed by atoms with E-state index in [-0.39, 0.29) is 5.92 Å². The van der Waals surface area contributed by atoms with Gasteiger partial charge < -0.3 is 10.6 Å². The minimum absolute atomic E-state index is 0.257. The van der Waals surface area contributed by atoms with E-state index in [1.165, 1.54) is 19.3 Å². The predicted octanol–water partition coefficient (Wildman–Crippen LogP) is 2.72. The first kappa shape index (κ1) is 14.5. The van der Waals surface area contributed by atoms with Gasteiger partial charge in [0.2, 0.25) is 5.91 Å². The smallest absolute Gasteiger partial charge is 0.226 e. The Hall–Kier alpha value is -1.42. The fourth-order valence-corrected chi connectivity index (χ4v) is 4.13. The van der Waals surface area contributed by atoms with Crippen molar-refractivity contribution in [1.82, 2.24) is 4.90 Å². The molecule has 2 N–H and O–H groups in total. The maximum Gasteiger partial charge on any atom is 0.226 e. The number of amides is 1. The molecule has 2 bridgehead atoms. The second-order valence-corrected chi connectivity index (χ2v) is 6.98. The summed E-state index contributed by atoms with van der Waals surface area (Å²) in [6.07, 6.45) is 4.93. The summed E-state index contributed by atoms with van der Waals surface area (Å²) in [7, 11) is 1.90. The number of hydrogen-bond donors (Lipinski definition) is 1. The number of carbonyl (C=O) groups is 1. The molecule has 0 aliphatic heterocycles.